The Morgan fingerprint density at radius 3 is 1.81 bits per heavy atom. The second-order valence-electron chi connectivity index (χ2n) is 6.57. The molecule has 0 spiro atoms. The van der Waals surface area contributed by atoms with Gasteiger partial charge in [0.2, 0.25) is 0 Å². The Morgan fingerprint density at radius 1 is 0.839 bits per heavy atom. The van der Waals surface area contributed by atoms with Crippen molar-refractivity contribution in [2.45, 2.75) is 22.8 Å². The first kappa shape index (κ1) is 23.2. The number of rotatable bonds is 4. The lowest BCUT2D eigenvalue weighted by Crippen LogP contribution is -2.53. The van der Waals surface area contributed by atoms with Gasteiger partial charge in [-0.05, 0) is 17.7 Å². The van der Waals surface area contributed by atoms with Crippen molar-refractivity contribution in [1.29, 1.82) is 0 Å². The molecule has 1 aromatic heterocycles. The molecule has 1 heterocycles. The Hall–Kier alpha value is -2.44. The topological polar surface area (TPSA) is 67.3 Å². The van der Waals surface area contributed by atoms with Crippen LogP contribution < -0.4 is 0 Å². The summed E-state index contributed by atoms with van der Waals surface area (Å²) in [5.41, 5.74) is -5.06. The van der Waals surface area contributed by atoms with E-state index in [-0.39, 0.29) is 37.9 Å². The Labute approximate surface area is 176 Å². The summed E-state index contributed by atoms with van der Waals surface area (Å²) in [5.74, 6) is 0. The fourth-order valence-corrected chi connectivity index (χ4v) is 4.57. The number of alkyl halides is 6. The Morgan fingerprint density at radius 2 is 1.35 bits per heavy atom. The van der Waals surface area contributed by atoms with Crippen molar-refractivity contribution in [2.75, 3.05) is 6.26 Å². The standard InChI is InChI=1S/C19H13F6NO3S2/c1-31(28,29)13-9-7-11(8-10-13)14-15(12-5-3-2-4-6-12)30-16(26-14)17(27,18(20,21)22)19(23,24)25/h2-10,27H,1H3. The van der Waals surface area contributed by atoms with Crippen molar-refractivity contribution >= 4 is 21.2 Å². The summed E-state index contributed by atoms with van der Waals surface area (Å²) >= 11 is 0.0585. The van der Waals surface area contributed by atoms with Crippen LogP contribution in [0.4, 0.5) is 26.3 Å². The number of benzene rings is 2. The highest BCUT2D eigenvalue weighted by Crippen LogP contribution is 2.53. The van der Waals surface area contributed by atoms with Gasteiger partial charge in [0.05, 0.1) is 15.5 Å². The van der Waals surface area contributed by atoms with Crippen LogP contribution in [0.2, 0.25) is 0 Å². The largest absolute Gasteiger partial charge is 0.433 e. The molecule has 31 heavy (non-hydrogen) atoms. The van der Waals surface area contributed by atoms with Gasteiger partial charge in [-0.1, -0.05) is 42.5 Å². The zero-order chi connectivity index (χ0) is 23.2. The third-order valence-electron chi connectivity index (χ3n) is 4.35. The maximum atomic E-state index is 13.3. The second-order valence-corrected chi connectivity index (χ2v) is 9.58. The minimum atomic E-state index is -6.07. The minimum Gasteiger partial charge on any atom is -0.368 e. The number of aromatic nitrogens is 1. The molecule has 0 atom stereocenters. The van der Waals surface area contributed by atoms with Crippen molar-refractivity contribution in [1.82, 2.24) is 4.98 Å². The van der Waals surface area contributed by atoms with Gasteiger partial charge in [-0.25, -0.2) is 13.4 Å². The van der Waals surface area contributed by atoms with Gasteiger partial charge in [0.15, 0.2) is 9.84 Å². The molecule has 0 unspecified atom stereocenters. The van der Waals surface area contributed by atoms with Gasteiger partial charge < -0.3 is 5.11 Å². The third-order valence-corrected chi connectivity index (χ3v) is 6.69. The minimum absolute atomic E-state index is 0.0466. The molecule has 0 aliphatic rings. The first-order valence-corrected chi connectivity index (χ1v) is 11.1. The number of halogens is 6. The summed E-state index contributed by atoms with van der Waals surface area (Å²) in [4.78, 5) is 3.40. The zero-order valence-corrected chi connectivity index (χ0v) is 17.1. The molecule has 0 radical (unpaired) electrons. The summed E-state index contributed by atoms with van der Waals surface area (Å²) in [5, 5.41) is 8.17. The van der Waals surface area contributed by atoms with Gasteiger partial charge in [-0.2, -0.15) is 26.3 Å². The average Bonchev–Trinajstić information content (AvgIpc) is 3.11. The molecule has 12 heteroatoms. The van der Waals surface area contributed by atoms with Crippen molar-refractivity contribution in [3.05, 3.63) is 59.6 Å². The van der Waals surface area contributed by atoms with Crippen LogP contribution >= 0.6 is 11.3 Å². The zero-order valence-electron chi connectivity index (χ0n) is 15.5. The van der Waals surface area contributed by atoms with Gasteiger partial charge in [0, 0.05) is 11.8 Å². The molecule has 2 aromatic carbocycles. The second kappa shape index (κ2) is 7.61. The molecule has 0 fully saturated rings. The lowest BCUT2D eigenvalue weighted by Gasteiger charge is -2.30. The molecule has 0 aliphatic carbocycles. The lowest BCUT2D eigenvalue weighted by atomic mass is 10.0. The fourth-order valence-electron chi connectivity index (χ4n) is 2.72. The molecule has 0 bridgehead atoms. The molecular formula is C19H13F6NO3S2. The summed E-state index contributed by atoms with van der Waals surface area (Å²) in [7, 11) is -3.58. The summed E-state index contributed by atoms with van der Waals surface area (Å²) in [6, 6.07) is 12.4. The van der Waals surface area contributed by atoms with Crippen molar-refractivity contribution in [2.24, 2.45) is 0 Å². The number of aliphatic hydroxyl groups is 1. The maximum absolute atomic E-state index is 13.3. The molecule has 3 rings (SSSR count). The fraction of sp³-hybridized carbons (Fsp3) is 0.211. The monoisotopic (exact) mass is 481 g/mol. The van der Waals surface area contributed by atoms with Crippen LogP contribution in [-0.4, -0.2) is 37.1 Å². The van der Waals surface area contributed by atoms with E-state index in [4.69, 9.17) is 0 Å². The SMILES string of the molecule is CS(=O)(=O)c1ccc(-c2nc(C(O)(C(F)(F)F)C(F)(F)F)sc2-c2ccccc2)cc1. The Balaban J connectivity index is 2.28. The van der Waals surface area contributed by atoms with E-state index >= 15 is 0 Å². The Kier molecular flexibility index (Phi) is 5.70. The Bertz CT molecular complexity index is 1170. The van der Waals surface area contributed by atoms with E-state index in [9.17, 15) is 39.9 Å². The van der Waals surface area contributed by atoms with E-state index in [0.717, 1.165) is 18.4 Å². The first-order valence-electron chi connectivity index (χ1n) is 8.39. The summed E-state index contributed by atoms with van der Waals surface area (Å²) < 4.78 is 103. The number of thiazole rings is 1. The van der Waals surface area contributed by atoms with E-state index in [2.05, 4.69) is 4.98 Å². The highest BCUT2D eigenvalue weighted by molar-refractivity contribution is 7.90. The number of sulfone groups is 1. The van der Waals surface area contributed by atoms with E-state index in [1.54, 1.807) is 6.07 Å². The van der Waals surface area contributed by atoms with Crippen LogP contribution in [0.3, 0.4) is 0 Å². The number of hydrogen-bond donors (Lipinski definition) is 1. The van der Waals surface area contributed by atoms with Gasteiger partial charge in [-0.3, -0.25) is 0 Å². The smallest absolute Gasteiger partial charge is 0.368 e. The number of nitrogens with zero attached hydrogens (tertiary/aromatic N) is 1. The molecule has 0 aliphatic heterocycles. The molecule has 0 saturated carbocycles. The quantitative estimate of drug-likeness (QED) is 0.521. The molecule has 166 valence electrons. The van der Waals surface area contributed by atoms with Crippen LogP contribution in [0.1, 0.15) is 5.01 Å². The average molecular weight is 481 g/mol. The van der Waals surface area contributed by atoms with Crippen LogP contribution in [-0.2, 0) is 15.4 Å². The highest BCUT2D eigenvalue weighted by atomic mass is 32.2. The summed E-state index contributed by atoms with van der Waals surface area (Å²) in [6.45, 7) is 0. The van der Waals surface area contributed by atoms with Crippen molar-refractivity contribution in [3.8, 4) is 21.7 Å². The van der Waals surface area contributed by atoms with Gasteiger partial charge >= 0.3 is 18.0 Å². The van der Waals surface area contributed by atoms with E-state index in [0.29, 0.717) is 0 Å². The predicted octanol–water partition coefficient (Wildman–Crippen LogP) is 5.19. The highest BCUT2D eigenvalue weighted by Gasteiger charge is 2.73. The normalized spacial score (nSPS) is 13.4. The van der Waals surface area contributed by atoms with Gasteiger partial charge in [-0.15, -0.1) is 11.3 Å². The van der Waals surface area contributed by atoms with Crippen LogP contribution in [0.15, 0.2) is 59.5 Å². The molecule has 3 aromatic rings. The molecule has 0 saturated heterocycles. The first-order chi connectivity index (χ1) is 14.2. The van der Waals surface area contributed by atoms with Crippen LogP contribution in [0, 0.1) is 0 Å². The lowest BCUT2D eigenvalue weighted by molar-refractivity contribution is -0.376. The van der Waals surface area contributed by atoms with E-state index in [1.165, 1.54) is 36.4 Å². The molecule has 1 N–H and O–H groups in total. The molecule has 0 amide bonds. The van der Waals surface area contributed by atoms with Gasteiger partial charge in [0.1, 0.15) is 5.01 Å². The van der Waals surface area contributed by atoms with E-state index < -0.39 is 32.8 Å². The van der Waals surface area contributed by atoms with Crippen LogP contribution in [0.5, 0.6) is 0 Å². The predicted molar refractivity (Wildman–Crippen MR) is 102 cm³/mol. The van der Waals surface area contributed by atoms with E-state index in [1.807, 2.05) is 0 Å². The summed E-state index contributed by atoms with van der Waals surface area (Å²) in [6.07, 6.45) is -11.2. The van der Waals surface area contributed by atoms with Crippen molar-refractivity contribution in [3.63, 3.8) is 0 Å². The maximum Gasteiger partial charge on any atom is 0.433 e. The van der Waals surface area contributed by atoms with Gasteiger partial charge in [0.25, 0.3) is 0 Å². The van der Waals surface area contributed by atoms with Crippen molar-refractivity contribution < 1.29 is 39.9 Å². The molecule has 4 nitrogen and oxygen atoms in total. The number of hydrogen-bond acceptors (Lipinski definition) is 5. The van der Waals surface area contributed by atoms with Crippen LogP contribution in [0.25, 0.3) is 21.7 Å². The molecular weight excluding hydrogens is 468 g/mol. The third kappa shape index (κ3) is 4.19.